The summed E-state index contributed by atoms with van der Waals surface area (Å²) in [6.45, 7) is 6.54. The molecule has 0 bridgehead atoms. The van der Waals surface area contributed by atoms with Crippen molar-refractivity contribution >= 4 is 11.8 Å². The first-order valence-electron chi connectivity index (χ1n) is 11.7. The fourth-order valence-electron chi connectivity index (χ4n) is 8.41. The van der Waals surface area contributed by atoms with Crippen molar-refractivity contribution in [2.75, 3.05) is 0 Å². The van der Waals surface area contributed by atoms with Gasteiger partial charge in [-0.05, 0) is 85.9 Å². The van der Waals surface area contributed by atoms with Crippen molar-refractivity contribution in [3.05, 3.63) is 0 Å². The molecule has 0 aromatic heterocycles. The largest absolute Gasteiger partial charge is 0.481 e. The zero-order valence-corrected chi connectivity index (χ0v) is 18.1. The van der Waals surface area contributed by atoms with Gasteiger partial charge in [0.05, 0.1) is 12.2 Å². The van der Waals surface area contributed by atoms with Crippen molar-refractivity contribution in [2.45, 2.75) is 90.8 Å². The lowest BCUT2D eigenvalue weighted by atomic mass is 9.43. The number of hydrogen-bond acceptors (Lipinski definition) is 4. The maximum absolute atomic E-state index is 13.6. The van der Waals surface area contributed by atoms with Crippen molar-refractivity contribution in [1.82, 2.24) is 0 Å². The summed E-state index contributed by atoms with van der Waals surface area (Å²) in [5.74, 6) is 0.855. The molecule has 29 heavy (non-hydrogen) atoms. The third-order valence-corrected chi connectivity index (χ3v) is 10.1. The number of carbonyl (C=O) groups excluding carboxylic acids is 1. The van der Waals surface area contributed by atoms with Crippen LogP contribution in [0, 0.1) is 46.3 Å². The molecule has 10 atom stereocenters. The van der Waals surface area contributed by atoms with E-state index in [0.29, 0.717) is 24.5 Å². The number of carboxylic acids is 1. The molecule has 164 valence electrons. The molecule has 4 aliphatic carbocycles. The van der Waals surface area contributed by atoms with Crippen LogP contribution in [0.4, 0.5) is 0 Å². The minimum Gasteiger partial charge on any atom is -0.481 e. The van der Waals surface area contributed by atoms with Crippen molar-refractivity contribution in [3.63, 3.8) is 0 Å². The van der Waals surface area contributed by atoms with Gasteiger partial charge >= 0.3 is 5.97 Å². The fourth-order valence-corrected chi connectivity index (χ4v) is 8.41. The van der Waals surface area contributed by atoms with E-state index in [2.05, 4.69) is 20.8 Å². The summed E-state index contributed by atoms with van der Waals surface area (Å²) in [7, 11) is 0. The van der Waals surface area contributed by atoms with Crippen LogP contribution in [-0.2, 0) is 9.59 Å². The molecule has 3 N–H and O–H groups in total. The number of hydrogen-bond donors (Lipinski definition) is 3. The summed E-state index contributed by atoms with van der Waals surface area (Å²) < 4.78 is 0. The summed E-state index contributed by atoms with van der Waals surface area (Å²) in [4.78, 5) is 24.7. The van der Waals surface area contributed by atoms with Gasteiger partial charge in [-0.1, -0.05) is 20.8 Å². The van der Waals surface area contributed by atoms with E-state index in [1.807, 2.05) is 0 Å². The molecule has 4 rings (SSSR count). The molecule has 5 nitrogen and oxygen atoms in total. The van der Waals surface area contributed by atoms with Gasteiger partial charge in [-0.15, -0.1) is 0 Å². The average molecular weight is 407 g/mol. The second-order valence-electron chi connectivity index (χ2n) is 11.2. The molecule has 0 unspecified atom stereocenters. The van der Waals surface area contributed by atoms with E-state index < -0.39 is 17.5 Å². The molecule has 0 saturated heterocycles. The molecule has 5 heteroatoms. The van der Waals surface area contributed by atoms with Gasteiger partial charge in [0.2, 0.25) is 0 Å². The highest BCUT2D eigenvalue weighted by atomic mass is 16.4. The number of ketones is 1. The zero-order chi connectivity index (χ0) is 21.1. The highest BCUT2D eigenvalue weighted by Gasteiger charge is 2.65. The Bertz CT molecular complexity index is 676. The van der Waals surface area contributed by atoms with Crippen LogP contribution in [0.25, 0.3) is 0 Å². The second-order valence-corrected chi connectivity index (χ2v) is 11.2. The van der Waals surface area contributed by atoms with Crippen LogP contribution in [-0.4, -0.2) is 39.3 Å². The van der Waals surface area contributed by atoms with Crippen molar-refractivity contribution in [3.8, 4) is 0 Å². The number of Topliss-reactive ketones (excluding diaryl/α,β-unsaturated/α-hetero) is 1. The summed E-state index contributed by atoms with van der Waals surface area (Å²) in [5.41, 5.74) is -0.398. The Morgan fingerprint density at radius 2 is 1.86 bits per heavy atom. The van der Waals surface area contributed by atoms with Crippen LogP contribution < -0.4 is 0 Å². The van der Waals surface area contributed by atoms with Crippen molar-refractivity contribution in [1.29, 1.82) is 0 Å². The first-order chi connectivity index (χ1) is 13.6. The third kappa shape index (κ3) is 3.18. The van der Waals surface area contributed by atoms with E-state index in [-0.39, 0.29) is 47.5 Å². The van der Waals surface area contributed by atoms with E-state index in [1.165, 1.54) is 0 Å². The lowest BCUT2D eigenvalue weighted by Crippen LogP contribution is -2.61. The molecule has 0 spiro atoms. The van der Waals surface area contributed by atoms with E-state index in [1.54, 1.807) is 0 Å². The predicted molar refractivity (Wildman–Crippen MR) is 109 cm³/mol. The summed E-state index contributed by atoms with van der Waals surface area (Å²) in [6.07, 6.45) is 5.82. The van der Waals surface area contributed by atoms with E-state index in [0.717, 1.165) is 38.5 Å². The van der Waals surface area contributed by atoms with Crippen LogP contribution >= 0.6 is 0 Å². The van der Waals surface area contributed by atoms with E-state index in [4.69, 9.17) is 5.11 Å². The molecular formula is C24H38O5. The summed E-state index contributed by atoms with van der Waals surface area (Å²) in [5, 5.41) is 30.5. The molecule has 0 heterocycles. The van der Waals surface area contributed by atoms with Crippen LogP contribution in [0.3, 0.4) is 0 Å². The Morgan fingerprint density at radius 3 is 2.55 bits per heavy atom. The first-order valence-corrected chi connectivity index (χ1v) is 11.7. The lowest BCUT2D eigenvalue weighted by molar-refractivity contribution is -0.181. The number of rotatable bonds is 4. The summed E-state index contributed by atoms with van der Waals surface area (Å²) >= 11 is 0. The quantitative estimate of drug-likeness (QED) is 0.662. The van der Waals surface area contributed by atoms with Gasteiger partial charge in [0.15, 0.2) is 0 Å². The average Bonchev–Trinajstić information content (AvgIpc) is 3.01. The zero-order valence-electron chi connectivity index (χ0n) is 18.1. The minimum absolute atomic E-state index is 0.0348. The molecular weight excluding hydrogens is 368 g/mol. The van der Waals surface area contributed by atoms with Crippen LogP contribution in [0.5, 0.6) is 0 Å². The first kappa shape index (κ1) is 21.3. The van der Waals surface area contributed by atoms with Gasteiger partial charge in [-0.3, -0.25) is 9.59 Å². The molecule has 0 amide bonds. The van der Waals surface area contributed by atoms with E-state index in [9.17, 15) is 19.8 Å². The smallest absolute Gasteiger partial charge is 0.303 e. The van der Waals surface area contributed by atoms with Crippen molar-refractivity contribution < 1.29 is 24.9 Å². The van der Waals surface area contributed by atoms with Crippen LogP contribution in [0.1, 0.15) is 78.6 Å². The van der Waals surface area contributed by atoms with Gasteiger partial charge in [0.25, 0.3) is 0 Å². The maximum atomic E-state index is 13.6. The van der Waals surface area contributed by atoms with E-state index >= 15 is 0 Å². The Morgan fingerprint density at radius 1 is 1.14 bits per heavy atom. The highest BCUT2D eigenvalue weighted by molar-refractivity contribution is 5.87. The normalized spacial score (nSPS) is 50.4. The van der Waals surface area contributed by atoms with Crippen LogP contribution in [0.2, 0.25) is 0 Å². The topological polar surface area (TPSA) is 94.8 Å². The lowest BCUT2D eigenvalue weighted by Gasteiger charge is -2.61. The Labute approximate surface area is 174 Å². The van der Waals surface area contributed by atoms with Gasteiger partial charge in [-0.2, -0.15) is 0 Å². The van der Waals surface area contributed by atoms with Crippen LogP contribution in [0.15, 0.2) is 0 Å². The SMILES string of the molecule is C[C@@H](CCC(=O)O)[C@H]1CC[C@H]2[C@H]3[C@H](O)C[C@@H]4C[C@H](O)CC[C@]4(C)[C@@H]3CC(=O)[C@]12C. The molecule has 0 aromatic carbocycles. The molecule has 0 aliphatic heterocycles. The predicted octanol–water partition coefficient (Wildman–Crippen LogP) is 3.66. The monoisotopic (exact) mass is 406 g/mol. The van der Waals surface area contributed by atoms with Gasteiger partial charge in [0, 0.05) is 18.3 Å². The summed E-state index contributed by atoms with van der Waals surface area (Å²) in [6, 6.07) is 0. The van der Waals surface area contributed by atoms with Gasteiger partial charge in [0.1, 0.15) is 5.78 Å². The number of fused-ring (bicyclic) bond motifs is 5. The van der Waals surface area contributed by atoms with Gasteiger partial charge < -0.3 is 15.3 Å². The number of carbonyl (C=O) groups is 2. The highest BCUT2D eigenvalue weighted by Crippen LogP contribution is 2.67. The molecule has 4 aliphatic rings. The maximum Gasteiger partial charge on any atom is 0.303 e. The minimum atomic E-state index is -0.771. The standard InChI is InChI=1S/C24H38O5/c1-13(4-7-21(28)29)16-5-6-17-22-18(12-20(27)24(16,17)3)23(2)9-8-15(25)10-14(23)11-19(22)26/h13-19,22,25-26H,4-12H2,1-3H3,(H,28,29)/t13-,14-,15+,16+,17-,18+,19+,22+,23-,24+/m0/s1. The number of aliphatic hydroxyl groups is 2. The number of carboxylic acid groups (broad SMARTS) is 1. The third-order valence-electron chi connectivity index (χ3n) is 10.1. The molecule has 4 saturated carbocycles. The number of aliphatic carboxylic acids is 1. The Kier molecular flexibility index (Phi) is 5.39. The van der Waals surface area contributed by atoms with Crippen molar-refractivity contribution in [2.24, 2.45) is 46.3 Å². The van der Waals surface area contributed by atoms with Gasteiger partial charge in [-0.25, -0.2) is 0 Å². The molecule has 0 radical (unpaired) electrons. The number of aliphatic hydroxyl groups excluding tert-OH is 2. The second kappa shape index (κ2) is 7.33. The Hall–Kier alpha value is -0.940. The molecule has 4 fully saturated rings. The Balaban J connectivity index is 1.62. The fraction of sp³-hybridized carbons (Fsp3) is 0.917. The molecule has 0 aromatic rings.